The summed E-state index contributed by atoms with van der Waals surface area (Å²) in [6.45, 7) is 2.24. The highest BCUT2D eigenvalue weighted by Crippen LogP contribution is 2.44. The first-order valence-electron chi connectivity index (χ1n) is 9.93. The fourth-order valence-electron chi connectivity index (χ4n) is 4.10. The van der Waals surface area contributed by atoms with Gasteiger partial charge in [-0.15, -0.1) is 0 Å². The molecule has 0 aliphatic carbocycles. The van der Waals surface area contributed by atoms with E-state index < -0.39 is 15.8 Å². The molecule has 158 valence electrons. The van der Waals surface area contributed by atoms with Crippen LogP contribution in [-0.2, 0) is 34.8 Å². The zero-order valence-corrected chi connectivity index (χ0v) is 17.1. The van der Waals surface area contributed by atoms with E-state index >= 15 is 0 Å². The van der Waals surface area contributed by atoms with E-state index in [0.717, 1.165) is 0 Å². The van der Waals surface area contributed by atoms with Crippen molar-refractivity contribution in [3.8, 4) is 11.1 Å². The normalized spacial score (nSPS) is 21.4. The van der Waals surface area contributed by atoms with E-state index in [1.807, 2.05) is 0 Å². The predicted molar refractivity (Wildman–Crippen MR) is 108 cm³/mol. The van der Waals surface area contributed by atoms with Crippen molar-refractivity contribution in [3.63, 3.8) is 0 Å². The van der Waals surface area contributed by atoms with Gasteiger partial charge in [-0.3, -0.25) is 4.79 Å². The van der Waals surface area contributed by atoms with Crippen LogP contribution in [-0.4, -0.2) is 58.1 Å². The van der Waals surface area contributed by atoms with Gasteiger partial charge in [-0.25, -0.2) is 8.42 Å². The van der Waals surface area contributed by atoms with Crippen LogP contribution in [0.3, 0.4) is 0 Å². The predicted octanol–water partition coefficient (Wildman–Crippen LogP) is 1.92. The number of rotatable bonds is 3. The third kappa shape index (κ3) is 3.05. The maximum Gasteiger partial charge on any atom is 0.289 e. The molecule has 3 aliphatic heterocycles. The lowest BCUT2D eigenvalue weighted by Gasteiger charge is -2.31. The molecule has 0 radical (unpaired) electrons. The molecule has 3 heterocycles. The van der Waals surface area contributed by atoms with Crippen LogP contribution in [0, 0.1) is 0 Å². The van der Waals surface area contributed by atoms with E-state index in [2.05, 4.69) is 5.32 Å². The van der Waals surface area contributed by atoms with Gasteiger partial charge in [-0.1, -0.05) is 24.3 Å². The molecule has 1 amide bonds. The molecule has 1 N–H and O–H groups in total. The largest absolute Gasteiger partial charge is 0.379 e. The van der Waals surface area contributed by atoms with Crippen LogP contribution in [0.2, 0.25) is 0 Å². The first-order valence-corrected chi connectivity index (χ1v) is 11.4. The summed E-state index contributed by atoms with van der Waals surface area (Å²) in [7, 11) is -3.69. The monoisotopic (exact) mass is 430 g/mol. The summed E-state index contributed by atoms with van der Waals surface area (Å²) >= 11 is 0. The van der Waals surface area contributed by atoms with Crippen LogP contribution >= 0.6 is 0 Å². The van der Waals surface area contributed by atoms with Crippen LogP contribution in [0.25, 0.3) is 11.1 Å². The van der Waals surface area contributed by atoms with Gasteiger partial charge in [0.25, 0.3) is 11.7 Å². The van der Waals surface area contributed by atoms with Gasteiger partial charge in [0.15, 0.2) is 0 Å². The number of amides is 1. The molecule has 0 aromatic heterocycles. The highest BCUT2D eigenvalue weighted by molar-refractivity contribution is 7.89. The van der Waals surface area contributed by atoms with Crippen LogP contribution < -0.4 is 5.32 Å². The number of sulfonamides is 1. The van der Waals surface area contributed by atoms with Crippen molar-refractivity contribution in [1.29, 1.82) is 0 Å². The van der Waals surface area contributed by atoms with E-state index in [1.165, 1.54) is 4.31 Å². The number of nitrogens with zero attached hydrogens (tertiary/aromatic N) is 1. The molecule has 8 nitrogen and oxygen atoms in total. The fraction of sp³-hybridized carbons (Fsp3) is 0.381. The van der Waals surface area contributed by atoms with Gasteiger partial charge in [0, 0.05) is 24.2 Å². The number of carbonyl (C=O) groups is 1. The molecule has 0 saturated carbocycles. The van der Waals surface area contributed by atoms with Gasteiger partial charge in [0.05, 0.1) is 37.0 Å². The number of nitrogens with one attached hydrogen (secondary N) is 1. The zero-order valence-electron chi connectivity index (χ0n) is 16.3. The summed E-state index contributed by atoms with van der Waals surface area (Å²) in [6.07, 6.45) is 0.713. The molecule has 1 spiro atoms. The lowest BCUT2D eigenvalue weighted by Crippen LogP contribution is -2.43. The fourth-order valence-corrected chi connectivity index (χ4v) is 5.72. The number of morpholine rings is 1. The van der Waals surface area contributed by atoms with E-state index in [9.17, 15) is 13.2 Å². The number of fused-ring (bicyclic) bond motifs is 2. The Morgan fingerprint density at radius 1 is 0.967 bits per heavy atom. The molecule has 5 rings (SSSR count). The Kier molecular flexibility index (Phi) is 4.87. The standard InChI is InChI=1S/C21H22N2O6S/c24-20-21(28-10-3-11-29-21)17-14-15(6-7-18(17)22-20)16-4-1-2-5-19(16)30(25,26)23-8-12-27-13-9-23/h1-2,4-7,14H,3,8-13H2,(H,22,24). The summed E-state index contributed by atoms with van der Waals surface area (Å²) in [5.74, 6) is -1.83. The van der Waals surface area contributed by atoms with Crippen LogP contribution in [0.1, 0.15) is 12.0 Å². The summed E-state index contributed by atoms with van der Waals surface area (Å²) in [5.41, 5.74) is 2.43. The summed E-state index contributed by atoms with van der Waals surface area (Å²) in [4.78, 5) is 12.8. The van der Waals surface area contributed by atoms with Crippen molar-refractivity contribution >= 4 is 21.6 Å². The van der Waals surface area contributed by atoms with Crippen molar-refractivity contribution in [2.24, 2.45) is 0 Å². The Balaban J connectivity index is 1.59. The number of benzene rings is 2. The minimum Gasteiger partial charge on any atom is -0.379 e. The summed E-state index contributed by atoms with van der Waals surface area (Å²) in [5, 5.41) is 2.80. The van der Waals surface area contributed by atoms with Crippen molar-refractivity contribution < 1.29 is 27.4 Å². The first-order chi connectivity index (χ1) is 14.5. The average Bonchev–Trinajstić information content (AvgIpc) is 3.05. The van der Waals surface area contributed by atoms with E-state index in [0.29, 0.717) is 68.3 Å². The minimum atomic E-state index is -3.69. The lowest BCUT2D eigenvalue weighted by atomic mass is 9.98. The third-order valence-electron chi connectivity index (χ3n) is 5.61. The first kappa shape index (κ1) is 19.7. The van der Waals surface area contributed by atoms with E-state index in [4.69, 9.17) is 14.2 Å². The molecule has 0 unspecified atom stereocenters. The molecule has 2 saturated heterocycles. The number of ether oxygens (including phenoxy) is 3. The van der Waals surface area contributed by atoms with Crippen molar-refractivity contribution in [2.45, 2.75) is 17.1 Å². The Morgan fingerprint density at radius 2 is 1.70 bits per heavy atom. The molecule has 0 bridgehead atoms. The number of anilines is 1. The number of hydrogen-bond donors (Lipinski definition) is 1. The molecule has 9 heteroatoms. The van der Waals surface area contributed by atoms with Gasteiger partial charge in [0.2, 0.25) is 10.0 Å². The van der Waals surface area contributed by atoms with Gasteiger partial charge in [-0.05, 0) is 30.2 Å². The van der Waals surface area contributed by atoms with Crippen molar-refractivity contribution in [2.75, 3.05) is 44.8 Å². The molecule has 2 aromatic rings. The Bertz CT molecular complexity index is 1090. The Morgan fingerprint density at radius 3 is 2.47 bits per heavy atom. The molecule has 0 atom stereocenters. The van der Waals surface area contributed by atoms with E-state index in [-0.39, 0.29) is 10.8 Å². The molecule has 3 aliphatic rings. The van der Waals surface area contributed by atoms with Gasteiger partial charge in [-0.2, -0.15) is 4.31 Å². The number of hydrogen-bond acceptors (Lipinski definition) is 6. The number of carbonyl (C=O) groups excluding carboxylic acids is 1. The Labute approximate surface area is 174 Å². The SMILES string of the molecule is O=C1Nc2ccc(-c3ccccc3S(=O)(=O)N3CCOCC3)cc2C12OCCCO2. The average molecular weight is 430 g/mol. The molecular formula is C21H22N2O6S. The van der Waals surface area contributed by atoms with Gasteiger partial charge >= 0.3 is 0 Å². The molecule has 2 aromatic carbocycles. The van der Waals surface area contributed by atoms with Crippen LogP contribution in [0.4, 0.5) is 5.69 Å². The Hall–Kier alpha value is -2.30. The lowest BCUT2D eigenvalue weighted by molar-refractivity contribution is -0.255. The molecular weight excluding hydrogens is 408 g/mol. The zero-order chi connectivity index (χ0) is 20.8. The van der Waals surface area contributed by atoms with Crippen LogP contribution in [0.15, 0.2) is 47.4 Å². The third-order valence-corrected chi connectivity index (χ3v) is 7.56. The second-order valence-electron chi connectivity index (χ2n) is 7.39. The highest BCUT2D eigenvalue weighted by Gasteiger charge is 2.51. The summed E-state index contributed by atoms with van der Waals surface area (Å²) in [6, 6.07) is 12.2. The van der Waals surface area contributed by atoms with Crippen molar-refractivity contribution in [1.82, 2.24) is 4.31 Å². The minimum absolute atomic E-state index is 0.226. The van der Waals surface area contributed by atoms with Crippen LogP contribution in [0.5, 0.6) is 0 Å². The molecule has 30 heavy (non-hydrogen) atoms. The maximum atomic E-state index is 13.3. The second-order valence-corrected chi connectivity index (χ2v) is 9.30. The maximum absolute atomic E-state index is 13.3. The smallest absolute Gasteiger partial charge is 0.289 e. The van der Waals surface area contributed by atoms with Crippen molar-refractivity contribution in [3.05, 3.63) is 48.0 Å². The second kappa shape index (κ2) is 7.44. The highest BCUT2D eigenvalue weighted by atomic mass is 32.2. The molecule has 2 fully saturated rings. The van der Waals surface area contributed by atoms with E-state index in [1.54, 1.807) is 42.5 Å². The topological polar surface area (TPSA) is 94.2 Å². The summed E-state index contributed by atoms with van der Waals surface area (Å²) < 4.78 is 44.9. The quantitative estimate of drug-likeness (QED) is 0.800. The van der Waals surface area contributed by atoms with Gasteiger partial charge in [0.1, 0.15) is 0 Å². The van der Waals surface area contributed by atoms with Gasteiger partial charge < -0.3 is 19.5 Å².